The molecule has 6 nitrogen and oxygen atoms in total. The maximum absolute atomic E-state index is 12.9. The molecular formula is C30H31N3O3. The molecule has 0 fully saturated rings. The van der Waals surface area contributed by atoms with E-state index in [1.807, 2.05) is 72.9 Å². The Bertz CT molecular complexity index is 1270. The van der Waals surface area contributed by atoms with Gasteiger partial charge in [0.15, 0.2) is 0 Å². The number of carbonyl (C=O) groups excluding carboxylic acids is 2. The topological polar surface area (TPSA) is 86.3 Å². The van der Waals surface area contributed by atoms with Gasteiger partial charge in [0, 0.05) is 19.5 Å². The summed E-state index contributed by atoms with van der Waals surface area (Å²) in [5.74, 6) is -0.808. The lowest BCUT2D eigenvalue weighted by Gasteiger charge is -2.20. The van der Waals surface area contributed by atoms with Gasteiger partial charge in [-0.1, -0.05) is 84.9 Å². The van der Waals surface area contributed by atoms with Crippen LogP contribution in [0.3, 0.4) is 0 Å². The molecular weight excluding hydrogens is 450 g/mol. The summed E-state index contributed by atoms with van der Waals surface area (Å²) in [6, 6.07) is 29.2. The predicted molar refractivity (Wildman–Crippen MR) is 142 cm³/mol. The molecule has 36 heavy (non-hydrogen) atoms. The lowest BCUT2D eigenvalue weighted by Crippen LogP contribution is -2.41. The van der Waals surface area contributed by atoms with E-state index in [1.165, 1.54) is 0 Å². The Balaban J connectivity index is 1.43. The van der Waals surface area contributed by atoms with Crippen molar-refractivity contribution in [1.29, 1.82) is 0 Å². The lowest BCUT2D eigenvalue weighted by molar-refractivity contribution is -0.128. The van der Waals surface area contributed by atoms with Crippen molar-refractivity contribution in [3.8, 4) is 22.3 Å². The molecule has 4 aromatic rings. The molecule has 6 heteroatoms. The normalized spacial score (nSPS) is 12.6. The molecule has 3 aromatic carbocycles. The van der Waals surface area contributed by atoms with Gasteiger partial charge in [-0.2, -0.15) is 0 Å². The van der Waals surface area contributed by atoms with Crippen LogP contribution < -0.4 is 11.1 Å². The third-order valence-corrected chi connectivity index (χ3v) is 6.16. The summed E-state index contributed by atoms with van der Waals surface area (Å²) in [7, 11) is 1.60. The first-order chi connectivity index (χ1) is 17.5. The molecule has 2 atom stereocenters. The van der Waals surface area contributed by atoms with E-state index in [9.17, 15) is 9.59 Å². The van der Waals surface area contributed by atoms with Crippen LogP contribution in [0.4, 0.5) is 0 Å². The van der Waals surface area contributed by atoms with Crippen molar-refractivity contribution in [2.24, 2.45) is 5.73 Å². The van der Waals surface area contributed by atoms with Crippen molar-refractivity contribution in [2.75, 3.05) is 13.7 Å². The molecule has 184 valence electrons. The number of rotatable bonds is 11. The standard InChI is InChI=1S/C30H31N3O3/c1-36-21-27(18-22-8-4-2-5-9-22)32-29(34)19-28(30(31)35)33-17-16-26(20-33)25-14-12-24(13-15-25)23-10-6-3-7-11-23/h2-17,20,27-28H,18-19,21H2,1H3,(H2,31,35)(H,32,34). The van der Waals surface area contributed by atoms with E-state index in [4.69, 9.17) is 10.5 Å². The Hall–Kier alpha value is -4.16. The van der Waals surface area contributed by atoms with E-state index in [-0.39, 0.29) is 18.4 Å². The Labute approximate surface area is 211 Å². The summed E-state index contributed by atoms with van der Waals surface area (Å²) in [6.07, 6.45) is 4.23. The number of methoxy groups -OCH3 is 1. The highest BCUT2D eigenvalue weighted by Crippen LogP contribution is 2.26. The minimum Gasteiger partial charge on any atom is -0.383 e. The molecule has 0 aliphatic carbocycles. The highest BCUT2D eigenvalue weighted by molar-refractivity contribution is 5.86. The fraction of sp³-hybridized carbons (Fsp3) is 0.200. The van der Waals surface area contributed by atoms with E-state index >= 15 is 0 Å². The summed E-state index contributed by atoms with van der Waals surface area (Å²) in [5.41, 5.74) is 11.0. The number of nitrogens with two attached hydrogens (primary N) is 1. The second-order valence-corrected chi connectivity index (χ2v) is 8.82. The van der Waals surface area contributed by atoms with Gasteiger partial charge in [-0.3, -0.25) is 9.59 Å². The molecule has 0 spiro atoms. The van der Waals surface area contributed by atoms with Crippen LogP contribution in [-0.2, 0) is 20.7 Å². The Morgan fingerprint density at radius 1 is 0.833 bits per heavy atom. The zero-order valence-corrected chi connectivity index (χ0v) is 20.3. The zero-order chi connectivity index (χ0) is 25.3. The van der Waals surface area contributed by atoms with E-state index in [2.05, 4.69) is 29.6 Å². The third kappa shape index (κ3) is 6.49. The van der Waals surface area contributed by atoms with Gasteiger partial charge in [0.25, 0.3) is 0 Å². The van der Waals surface area contributed by atoms with Crippen LogP contribution in [-0.4, -0.2) is 36.1 Å². The molecule has 0 aliphatic heterocycles. The van der Waals surface area contributed by atoms with E-state index in [0.29, 0.717) is 13.0 Å². The number of amides is 2. The van der Waals surface area contributed by atoms with Crippen LogP contribution in [0.1, 0.15) is 18.0 Å². The molecule has 3 N–H and O–H groups in total. The van der Waals surface area contributed by atoms with Crippen molar-refractivity contribution in [2.45, 2.75) is 24.9 Å². The number of hydrogen-bond donors (Lipinski definition) is 2. The van der Waals surface area contributed by atoms with Crippen LogP contribution in [0.5, 0.6) is 0 Å². The quantitative estimate of drug-likeness (QED) is 0.328. The average Bonchev–Trinajstić information content (AvgIpc) is 3.38. The van der Waals surface area contributed by atoms with Crippen LogP contribution in [0.15, 0.2) is 103 Å². The van der Waals surface area contributed by atoms with Crippen molar-refractivity contribution in [3.05, 3.63) is 109 Å². The smallest absolute Gasteiger partial charge is 0.241 e. The van der Waals surface area contributed by atoms with Gasteiger partial charge in [0.05, 0.1) is 19.1 Å². The van der Waals surface area contributed by atoms with Crippen molar-refractivity contribution in [1.82, 2.24) is 9.88 Å². The first kappa shape index (κ1) is 24.9. The molecule has 2 amide bonds. The first-order valence-corrected chi connectivity index (χ1v) is 12.0. The van der Waals surface area contributed by atoms with E-state index in [0.717, 1.165) is 27.8 Å². The number of benzene rings is 3. The number of carbonyl (C=O) groups is 2. The fourth-order valence-corrected chi connectivity index (χ4v) is 4.33. The molecule has 0 radical (unpaired) electrons. The van der Waals surface area contributed by atoms with Gasteiger partial charge in [-0.05, 0) is 40.3 Å². The Morgan fingerprint density at radius 3 is 2.03 bits per heavy atom. The van der Waals surface area contributed by atoms with Crippen molar-refractivity contribution < 1.29 is 14.3 Å². The summed E-state index contributed by atoms with van der Waals surface area (Å²) >= 11 is 0. The largest absolute Gasteiger partial charge is 0.383 e. The van der Waals surface area contributed by atoms with Gasteiger partial charge < -0.3 is 20.4 Å². The second kappa shape index (κ2) is 12.0. The van der Waals surface area contributed by atoms with Crippen LogP contribution in [0.2, 0.25) is 0 Å². The van der Waals surface area contributed by atoms with Gasteiger partial charge in [-0.15, -0.1) is 0 Å². The highest BCUT2D eigenvalue weighted by Gasteiger charge is 2.23. The zero-order valence-electron chi connectivity index (χ0n) is 20.3. The number of nitrogens with one attached hydrogen (secondary N) is 1. The number of ether oxygens (including phenoxy) is 1. The molecule has 0 saturated heterocycles. The molecule has 0 aliphatic rings. The average molecular weight is 482 g/mol. The van der Waals surface area contributed by atoms with Gasteiger partial charge in [0.2, 0.25) is 11.8 Å². The summed E-state index contributed by atoms with van der Waals surface area (Å²) in [6.45, 7) is 0.370. The molecule has 0 saturated carbocycles. The maximum Gasteiger partial charge on any atom is 0.241 e. The fourth-order valence-electron chi connectivity index (χ4n) is 4.33. The molecule has 1 heterocycles. The van der Waals surface area contributed by atoms with Gasteiger partial charge >= 0.3 is 0 Å². The Morgan fingerprint density at radius 2 is 1.42 bits per heavy atom. The summed E-state index contributed by atoms with van der Waals surface area (Å²) < 4.78 is 7.00. The van der Waals surface area contributed by atoms with Crippen LogP contribution in [0, 0.1) is 0 Å². The predicted octanol–water partition coefficient (Wildman–Crippen LogP) is 4.61. The third-order valence-electron chi connectivity index (χ3n) is 6.16. The number of aromatic nitrogens is 1. The van der Waals surface area contributed by atoms with Gasteiger partial charge in [0.1, 0.15) is 6.04 Å². The second-order valence-electron chi connectivity index (χ2n) is 8.82. The SMILES string of the molecule is COCC(Cc1ccccc1)NC(=O)CC(C(N)=O)n1ccc(-c2ccc(-c3ccccc3)cc2)c1. The van der Waals surface area contributed by atoms with Crippen LogP contribution >= 0.6 is 0 Å². The van der Waals surface area contributed by atoms with Crippen LogP contribution in [0.25, 0.3) is 22.3 Å². The molecule has 1 aromatic heterocycles. The van der Waals surface area contributed by atoms with E-state index in [1.54, 1.807) is 17.9 Å². The van der Waals surface area contributed by atoms with Crippen molar-refractivity contribution >= 4 is 11.8 Å². The number of nitrogens with zero attached hydrogens (tertiary/aromatic N) is 1. The minimum atomic E-state index is -0.790. The molecule has 4 rings (SSSR count). The van der Waals surface area contributed by atoms with E-state index < -0.39 is 11.9 Å². The van der Waals surface area contributed by atoms with Crippen molar-refractivity contribution in [3.63, 3.8) is 0 Å². The first-order valence-electron chi connectivity index (χ1n) is 12.0. The monoisotopic (exact) mass is 481 g/mol. The highest BCUT2D eigenvalue weighted by atomic mass is 16.5. The maximum atomic E-state index is 12.9. The summed E-state index contributed by atoms with van der Waals surface area (Å²) in [4.78, 5) is 25.1. The minimum absolute atomic E-state index is 0.0502. The lowest BCUT2D eigenvalue weighted by atomic mass is 10.0. The molecule has 2 unspecified atom stereocenters. The number of primary amides is 1. The van der Waals surface area contributed by atoms with Gasteiger partial charge in [-0.25, -0.2) is 0 Å². The number of hydrogen-bond acceptors (Lipinski definition) is 3. The summed E-state index contributed by atoms with van der Waals surface area (Å²) in [5, 5.41) is 3.00. The molecule has 0 bridgehead atoms. The Kier molecular flexibility index (Phi) is 8.32.